The quantitative estimate of drug-likeness (QED) is 0.653. The molecule has 6 nitrogen and oxygen atoms in total. The van der Waals surface area contributed by atoms with Crippen LogP contribution in [0.5, 0.6) is 0 Å². The van der Waals surface area contributed by atoms with Crippen molar-refractivity contribution >= 4 is 22.6 Å². The molecule has 0 aliphatic rings. The van der Waals surface area contributed by atoms with Crippen LogP contribution in [-0.2, 0) is 17.8 Å². The molecule has 2 heterocycles. The van der Waals surface area contributed by atoms with Gasteiger partial charge in [0.1, 0.15) is 0 Å². The van der Waals surface area contributed by atoms with Gasteiger partial charge in [0.25, 0.3) is 0 Å². The average molecular weight is 324 g/mol. The van der Waals surface area contributed by atoms with Gasteiger partial charge in [0, 0.05) is 47.8 Å². The van der Waals surface area contributed by atoms with Crippen LogP contribution in [0.3, 0.4) is 0 Å². The highest BCUT2D eigenvalue weighted by atomic mass is 16.4. The van der Waals surface area contributed by atoms with Gasteiger partial charge in [-0.05, 0) is 19.4 Å². The number of nitrogens with one attached hydrogen (secondary N) is 1. The summed E-state index contributed by atoms with van der Waals surface area (Å²) in [6, 6.07) is 7.81. The normalized spacial score (nSPS) is 10.9. The lowest BCUT2D eigenvalue weighted by Crippen LogP contribution is -2.12. The zero-order valence-electron chi connectivity index (χ0n) is 13.6. The second kappa shape index (κ2) is 7.12. The first-order chi connectivity index (χ1) is 11.6. The molecule has 6 heteroatoms. The molecule has 3 rings (SSSR count). The van der Waals surface area contributed by atoms with Gasteiger partial charge in [-0.15, -0.1) is 0 Å². The number of hydrogen-bond donors (Lipinski definition) is 2. The Morgan fingerprint density at radius 1 is 1.33 bits per heavy atom. The first kappa shape index (κ1) is 16.0. The van der Waals surface area contributed by atoms with Crippen LogP contribution in [0.2, 0.25) is 0 Å². The van der Waals surface area contributed by atoms with E-state index in [1.807, 2.05) is 42.0 Å². The van der Waals surface area contributed by atoms with E-state index in [0.29, 0.717) is 0 Å². The van der Waals surface area contributed by atoms with Crippen LogP contribution in [0.25, 0.3) is 10.9 Å². The number of hydrogen-bond acceptors (Lipinski definition) is 4. The number of carboxylic acids is 1. The molecule has 0 bridgehead atoms. The van der Waals surface area contributed by atoms with Gasteiger partial charge in [0.2, 0.25) is 0 Å². The molecule has 0 radical (unpaired) electrons. The Bertz CT molecular complexity index is 844. The summed E-state index contributed by atoms with van der Waals surface area (Å²) < 4.78 is 2.02. The number of carbonyl (C=O) groups is 1. The Hall–Kier alpha value is -2.89. The number of fused-ring (bicyclic) bond motifs is 1. The van der Waals surface area contributed by atoms with Gasteiger partial charge in [-0.1, -0.05) is 18.2 Å². The van der Waals surface area contributed by atoms with Gasteiger partial charge in [-0.3, -0.25) is 9.78 Å². The summed E-state index contributed by atoms with van der Waals surface area (Å²) >= 11 is 0. The van der Waals surface area contributed by atoms with Crippen molar-refractivity contribution in [3.63, 3.8) is 0 Å². The smallest absolute Gasteiger partial charge is 0.307 e. The molecule has 0 saturated heterocycles. The molecule has 3 aromatic rings. The number of aliphatic carboxylic acids is 1. The summed E-state index contributed by atoms with van der Waals surface area (Å²) in [5.74, 6) is -0.850. The van der Waals surface area contributed by atoms with Crippen LogP contribution < -0.4 is 5.32 Å². The van der Waals surface area contributed by atoms with E-state index in [-0.39, 0.29) is 6.42 Å². The number of nitrogens with zero attached hydrogens (tertiary/aromatic N) is 3. The fourth-order valence-corrected chi connectivity index (χ4v) is 2.84. The fourth-order valence-electron chi connectivity index (χ4n) is 2.84. The molecule has 124 valence electrons. The highest BCUT2D eigenvalue weighted by Gasteiger charge is 2.14. The van der Waals surface area contributed by atoms with Crippen molar-refractivity contribution in [2.24, 2.45) is 0 Å². The molecule has 0 fully saturated rings. The fraction of sp³-hybridized carbons (Fsp3) is 0.278. The summed E-state index contributed by atoms with van der Waals surface area (Å²) in [4.78, 5) is 19.8. The van der Waals surface area contributed by atoms with Gasteiger partial charge in [-0.25, -0.2) is 4.98 Å². The third kappa shape index (κ3) is 3.53. The molecule has 2 N–H and O–H groups in total. The van der Waals surface area contributed by atoms with Crippen molar-refractivity contribution in [1.29, 1.82) is 0 Å². The largest absolute Gasteiger partial charge is 0.481 e. The molecular formula is C18H20N4O2. The van der Waals surface area contributed by atoms with Gasteiger partial charge in [0.05, 0.1) is 18.3 Å². The maximum absolute atomic E-state index is 11.2. The second-order valence-electron chi connectivity index (χ2n) is 5.72. The SMILES string of the molecule is Cc1nc2ccccc2c(NCCCn2ccnc2)c1CC(=O)O. The number of pyridine rings is 1. The number of imidazole rings is 1. The monoisotopic (exact) mass is 324 g/mol. The summed E-state index contributed by atoms with van der Waals surface area (Å²) in [6.07, 6.45) is 6.37. The summed E-state index contributed by atoms with van der Waals surface area (Å²) in [5, 5.41) is 13.6. The van der Waals surface area contributed by atoms with E-state index in [1.165, 1.54) is 0 Å². The molecule has 0 amide bonds. The van der Waals surface area contributed by atoms with E-state index in [0.717, 1.165) is 47.4 Å². The van der Waals surface area contributed by atoms with E-state index in [1.54, 1.807) is 12.5 Å². The molecule has 0 atom stereocenters. The van der Waals surface area contributed by atoms with Crippen LogP contribution in [-0.4, -0.2) is 32.2 Å². The van der Waals surface area contributed by atoms with Crippen molar-refractivity contribution in [2.75, 3.05) is 11.9 Å². The molecule has 0 aliphatic heterocycles. The molecular weight excluding hydrogens is 304 g/mol. The van der Waals surface area contributed by atoms with Gasteiger partial charge in [-0.2, -0.15) is 0 Å². The first-order valence-corrected chi connectivity index (χ1v) is 7.95. The first-order valence-electron chi connectivity index (χ1n) is 7.95. The number of aryl methyl sites for hydroxylation is 2. The second-order valence-corrected chi connectivity index (χ2v) is 5.72. The zero-order chi connectivity index (χ0) is 16.9. The van der Waals surface area contributed by atoms with Crippen molar-refractivity contribution in [3.05, 3.63) is 54.2 Å². The predicted molar refractivity (Wildman–Crippen MR) is 93.2 cm³/mol. The van der Waals surface area contributed by atoms with E-state index in [9.17, 15) is 9.90 Å². The molecule has 2 aromatic heterocycles. The number of para-hydroxylation sites is 1. The molecule has 0 aliphatic carbocycles. The Balaban J connectivity index is 1.84. The van der Waals surface area contributed by atoms with Crippen LogP contribution in [0.15, 0.2) is 43.0 Å². The van der Waals surface area contributed by atoms with E-state index >= 15 is 0 Å². The Labute approximate surface area is 140 Å². The maximum Gasteiger partial charge on any atom is 0.307 e. The molecule has 24 heavy (non-hydrogen) atoms. The maximum atomic E-state index is 11.2. The van der Waals surface area contributed by atoms with Crippen molar-refractivity contribution in [2.45, 2.75) is 26.3 Å². The lowest BCUT2D eigenvalue weighted by Gasteiger charge is -2.16. The number of anilines is 1. The van der Waals surface area contributed by atoms with Gasteiger partial charge in [0.15, 0.2) is 0 Å². The summed E-state index contributed by atoms with van der Waals surface area (Å²) in [6.45, 7) is 3.48. The number of rotatable bonds is 7. The lowest BCUT2D eigenvalue weighted by atomic mass is 10.0. The molecule has 0 saturated carbocycles. The summed E-state index contributed by atoms with van der Waals surface area (Å²) in [5.41, 5.74) is 3.27. The topological polar surface area (TPSA) is 80.0 Å². The van der Waals surface area contributed by atoms with E-state index in [2.05, 4.69) is 15.3 Å². The van der Waals surface area contributed by atoms with Crippen LogP contribution >= 0.6 is 0 Å². The standard InChI is InChI=1S/C18H20N4O2/c1-13-15(11-17(23)24)18(14-5-2-3-6-16(14)21-13)20-7-4-9-22-10-8-19-12-22/h2-3,5-6,8,10,12H,4,7,9,11H2,1H3,(H,20,21)(H,23,24). The van der Waals surface area contributed by atoms with Crippen molar-refractivity contribution in [1.82, 2.24) is 14.5 Å². The Morgan fingerprint density at radius 3 is 2.92 bits per heavy atom. The van der Waals surface area contributed by atoms with E-state index < -0.39 is 5.97 Å². The average Bonchev–Trinajstić information content (AvgIpc) is 3.07. The third-order valence-corrected chi connectivity index (χ3v) is 3.98. The number of aromatic nitrogens is 3. The van der Waals surface area contributed by atoms with Crippen molar-refractivity contribution in [3.8, 4) is 0 Å². The zero-order valence-corrected chi connectivity index (χ0v) is 13.6. The number of benzene rings is 1. The highest BCUT2D eigenvalue weighted by molar-refractivity contribution is 5.94. The Kier molecular flexibility index (Phi) is 4.74. The minimum Gasteiger partial charge on any atom is -0.481 e. The van der Waals surface area contributed by atoms with Gasteiger partial charge < -0.3 is 15.0 Å². The van der Waals surface area contributed by atoms with Crippen LogP contribution in [0.4, 0.5) is 5.69 Å². The predicted octanol–water partition coefficient (Wildman–Crippen LogP) is 2.87. The highest BCUT2D eigenvalue weighted by Crippen LogP contribution is 2.29. The number of carboxylic acid groups (broad SMARTS) is 1. The van der Waals surface area contributed by atoms with Crippen LogP contribution in [0.1, 0.15) is 17.7 Å². The minimum absolute atomic E-state index is 0.0342. The van der Waals surface area contributed by atoms with Crippen LogP contribution in [0, 0.1) is 6.92 Å². The third-order valence-electron chi connectivity index (χ3n) is 3.98. The minimum atomic E-state index is -0.850. The van der Waals surface area contributed by atoms with E-state index in [4.69, 9.17) is 0 Å². The Morgan fingerprint density at radius 2 is 2.17 bits per heavy atom. The molecule has 1 aromatic carbocycles. The summed E-state index contributed by atoms with van der Waals surface area (Å²) in [7, 11) is 0. The van der Waals surface area contributed by atoms with Crippen molar-refractivity contribution < 1.29 is 9.90 Å². The molecule has 0 unspecified atom stereocenters. The van der Waals surface area contributed by atoms with Gasteiger partial charge >= 0.3 is 5.97 Å². The molecule has 0 spiro atoms. The lowest BCUT2D eigenvalue weighted by molar-refractivity contribution is -0.136.